The van der Waals surface area contributed by atoms with Crippen LogP contribution in [-0.4, -0.2) is 11.1 Å². The minimum absolute atomic E-state index is 0.000969. The number of fused-ring (bicyclic) bond motifs is 1. The second-order valence-corrected chi connectivity index (χ2v) is 8.97. The predicted molar refractivity (Wildman–Crippen MR) is 132 cm³/mol. The molecule has 0 fully saturated rings. The SMILES string of the molecule is CC(Cc1ccc2nc(-c3c(Cl)cccc3Cl)ccc2c1)OCc1c(Cl)cccc1Cl. The summed E-state index contributed by atoms with van der Waals surface area (Å²) in [4.78, 5) is 4.75. The number of pyridine rings is 1. The van der Waals surface area contributed by atoms with E-state index in [-0.39, 0.29) is 6.10 Å². The van der Waals surface area contributed by atoms with E-state index in [1.807, 2.05) is 61.5 Å². The van der Waals surface area contributed by atoms with E-state index in [2.05, 4.69) is 12.1 Å². The van der Waals surface area contributed by atoms with Crippen LogP contribution in [0.3, 0.4) is 0 Å². The molecule has 1 aromatic heterocycles. The van der Waals surface area contributed by atoms with Crippen molar-refractivity contribution >= 4 is 57.3 Å². The molecule has 0 radical (unpaired) electrons. The Bertz CT molecular complexity index is 1200. The van der Waals surface area contributed by atoms with E-state index in [9.17, 15) is 0 Å². The largest absolute Gasteiger partial charge is 0.373 e. The molecule has 1 heterocycles. The third kappa shape index (κ3) is 5.16. The van der Waals surface area contributed by atoms with Gasteiger partial charge in [0.1, 0.15) is 0 Å². The Morgan fingerprint density at radius 1 is 0.806 bits per heavy atom. The maximum atomic E-state index is 6.34. The fourth-order valence-electron chi connectivity index (χ4n) is 3.47. The maximum absolute atomic E-state index is 6.34. The Kier molecular flexibility index (Phi) is 7.05. The van der Waals surface area contributed by atoms with Gasteiger partial charge in [0.15, 0.2) is 0 Å². The normalized spacial score (nSPS) is 12.3. The highest BCUT2D eigenvalue weighted by Gasteiger charge is 2.12. The van der Waals surface area contributed by atoms with Crippen LogP contribution >= 0.6 is 46.4 Å². The minimum atomic E-state index is -0.000969. The second kappa shape index (κ2) is 9.77. The molecule has 0 spiro atoms. The number of hydrogen-bond donors (Lipinski definition) is 0. The van der Waals surface area contributed by atoms with E-state index in [1.165, 1.54) is 0 Å². The summed E-state index contributed by atoms with van der Waals surface area (Å²) >= 11 is 25.1. The van der Waals surface area contributed by atoms with Crippen LogP contribution in [-0.2, 0) is 17.8 Å². The zero-order valence-corrected chi connectivity index (χ0v) is 19.7. The molecule has 0 aliphatic heterocycles. The highest BCUT2D eigenvalue weighted by atomic mass is 35.5. The molecule has 0 aliphatic carbocycles. The van der Waals surface area contributed by atoms with Crippen molar-refractivity contribution in [1.82, 2.24) is 4.98 Å². The fraction of sp³-hybridized carbons (Fsp3) is 0.160. The van der Waals surface area contributed by atoms with E-state index in [0.29, 0.717) is 26.7 Å². The Hall–Kier alpha value is -1.81. The van der Waals surface area contributed by atoms with Gasteiger partial charge < -0.3 is 4.74 Å². The standard InChI is InChI=1S/C25H19Cl4NO/c1-15(31-14-18-19(26)4-2-5-20(18)27)12-16-8-10-23-17(13-16)9-11-24(30-23)25-21(28)6-3-7-22(25)29/h2-11,13,15H,12,14H2,1H3. The summed E-state index contributed by atoms with van der Waals surface area (Å²) in [6.07, 6.45) is 0.759. The third-order valence-corrected chi connectivity index (χ3v) is 6.41. The van der Waals surface area contributed by atoms with Gasteiger partial charge in [-0.15, -0.1) is 0 Å². The van der Waals surface area contributed by atoms with Gasteiger partial charge in [-0.05, 0) is 61.4 Å². The van der Waals surface area contributed by atoms with Gasteiger partial charge in [0.25, 0.3) is 0 Å². The van der Waals surface area contributed by atoms with Crippen molar-refractivity contribution in [1.29, 1.82) is 0 Å². The van der Waals surface area contributed by atoms with E-state index < -0.39 is 0 Å². The smallest absolute Gasteiger partial charge is 0.0749 e. The van der Waals surface area contributed by atoms with Crippen LogP contribution < -0.4 is 0 Å². The predicted octanol–water partition coefficient (Wildman–Crippen LogP) is 8.66. The number of hydrogen-bond acceptors (Lipinski definition) is 2. The molecule has 0 N–H and O–H groups in total. The average molecular weight is 491 g/mol. The first-order valence-electron chi connectivity index (χ1n) is 9.81. The Balaban J connectivity index is 1.49. The number of rotatable bonds is 6. The number of aromatic nitrogens is 1. The van der Waals surface area contributed by atoms with Crippen LogP contribution in [0.15, 0.2) is 66.7 Å². The van der Waals surface area contributed by atoms with Gasteiger partial charge in [0.05, 0.1) is 34.0 Å². The molecule has 0 saturated carbocycles. The van der Waals surface area contributed by atoms with Crippen molar-refractivity contribution in [2.45, 2.75) is 26.1 Å². The van der Waals surface area contributed by atoms with Crippen molar-refractivity contribution in [2.24, 2.45) is 0 Å². The molecule has 31 heavy (non-hydrogen) atoms. The summed E-state index contributed by atoms with van der Waals surface area (Å²) in [5, 5.41) is 3.45. The molecule has 2 nitrogen and oxygen atoms in total. The van der Waals surface area contributed by atoms with Crippen molar-refractivity contribution in [2.75, 3.05) is 0 Å². The van der Waals surface area contributed by atoms with Gasteiger partial charge >= 0.3 is 0 Å². The van der Waals surface area contributed by atoms with Gasteiger partial charge in [-0.1, -0.05) is 70.7 Å². The van der Waals surface area contributed by atoms with Crippen LogP contribution in [0.2, 0.25) is 20.1 Å². The molecule has 0 aliphatic rings. The van der Waals surface area contributed by atoms with E-state index in [4.69, 9.17) is 56.1 Å². The van der Waals surface area contributed by atoms with Crippen molar-refractivity contribution in [3.8, 4) is 11.3 Å². The lowest BCUT2D eigenvalue weighted by Gasteiger charge is -2.15. The quantitative estimate of drug-likeness (QED) is 0.269. The van der Waals surface area contributed by atoms with Gasteiger partial charge in [-0.3, -0.25) is 0 Å². The minimum Gasteiger partial charge on any atom is -0.373 e. The summed E-state index contributed by atoms with van der Waals surface area (Å²) in [7, 11) is 0. The Morgan fingerprint density at radius 3 is 2.13 bits per heavy atom. The van der Waals surface area contributed by atoms with E-state index in [1.54, 1.807) is 0 Å². The molecule has 3 aromatic carbocycles. The Labute approximate surface area is 201 Å². The van der Waals surface area contributed by atoms with Crippen molar-refractivity contribution < 1.29 is 4.74 Å². The van der Waals surface area contributed by atoms with Gasteiger partial charge in [-0.2, -0.15) is 0 Å². The zero-order valence-electron chi connectivity index (χ0n) is 16.7. The first-order valence-corrected chi connectivity index (χ1v) is 11.3. The molecule has 6 heteroatoms. The lowest BCUT2D eigenvalue weighted by molar-refractivity contribution is 0.0536. The average Bonchev–Trinajstić information content (AvgIpc) is 2.73. The van der Waals surface area contributed by atoms with Crippen LogP contribution in [0.25, 0.3) is 22.2 Å². The monoisotopic (exact) mass is 489 g/mol. The van der Waals surface area contributed by atoms with Crippen molar-refractivity contribution in [3.63, 3.8) is 0 Å². The molecule has 4 aromatic rings. The first-order chi connectivity index (χ1) is 14.9. The van der Waals surface area contributed by atoms with Crippen molar-refractivity contribution in [3.05, 3.63) is 97.9 Å². The second-order valence-electron chi connectivity index (χ2n) is 7.35. The molecule has 1 atom stereocenters. The molecule has 0 bridgehead atoms. The van der Waals surface area contributed by atoms with Gasteiger partial charge in [0, 0.05) is 26.6 Å². The summed E-state index contributed by atoms with van der Waals surface area (Å²) < 4.78 is 6.00. The number of halogens is 4. The van der Waals surface area contributed by atoms with E-state index >= 15 is 0 Å². The highest BCUT2D eigenvalue weighted by Crippen LogP contribution is 2.34. The molecular formula is C25H19Cl4NO. The lowest BCUT2D eigenvalue weighted by atomic mass is 10.0. The first kappa shape index (κ1) is 22.4. The number of benzene rings is 3. The zero-order chi connectivity index (χ0) is 22.0. The van der Waals surface area contributed by atoms with Gasteiger partial charge in [-0.25, -0.2) is 4.98 Å². The highest BCUT2D eigenvalue weighted by molar-refractivity contribution is 6.39. The van der Waals surface area contributed by atoms with Crippen LogP contribution in [0.1, 0.15) is 18.1 Å². The summed E-state index contributed by atoms with van der Waals surface area (Å²) in [5.74, 6) is 0. The van der Waals surface area contributed by atoms with E-state index in [0.717, 1.165) is 39.7 Å². The summed E-state index contributed by atoms with van der Waals surface area (Å²) in [6.45, 7) is 2.41. The summed E-state index contributed by atoms with van der Waals surface area (Å²) in [6, 6.07) is 21.1. The maximum Gasteiger partial charge on any atom is 0.0749 e. The van der Waals surface area contributed by atoms with Crippen LogP contribution in [0.5, 0.6) is 0 Å². The topological polar surface area (TPSA) is 22.1 Å². The molecule has 0 saturated heterocycles. The number of nitrogens with zero attached hydrogens (tertiary/aromatic N) is 1. The third-order valence-electron chi connectivity index (χ3n) is 5.07. The number of ether oxygens (including phenoxy) is 1. The molecular weight excluding hydrogens is 472 g/mol. The molecule has 1 unspecified atom stereocenters. The molecule has 0 amide bonds. The lowest BCUT2D eigenvalue weighted by Crippen LogP contribution is -2.12. The fourth-order valence-corrected chi connectivity index (χ4v) is 4.57. The van der Waals surface area contributed by atoms with Gasteiger partial charge in [0.2, 0.25) is 0 Å². The molecule has 4 rings (SSSR count). The van der Waals surface area contributed by atoms with Crippen LogP contribution in [0, 0.1) is 0 Å². The molecule has 158 valence electrons. The summed E-state index contributed by atoms with van der Waals surface area (Å²) in [5.41, 5.74) is 4.36. The van der Waals surface area contributed by atoms with Crippen LogP contribution in [0.4, 0.5) is 0 Å². The Morgan fingerprint density at radius 2 is 1.45 bits per heavy atom.